The molecule has 0 bridgehead atoms. The minimum absolute atomic E-state index is 0.00533. The van der Waals surface area contributed by atoms with Crippen LogP contribution in [-0.4, -0.2) is 80.0 Å². The molecule has 4 heterocycles. The number of carbonyl (C=O) groups is 4. The first-order chi connectivity index (χ1) is 16.9. The number of anilines is 1. The van der Waals surface area contributed by atoms with Gasteiger partial charge in [0.2, 0.25) is 11.9 Å². The number of β-lactam (4-membered cyclic amide) rings is 1. The van der Waals surface area contributed by atoms with Crippen LogP contribution in [0.5, 0.6) is 0 Å². The number of nitrogens with one attached hydrogen (secondary N) is 1. The minimum atomic E-state index is -4.57. The molecule has 0 aromatic carbocycles. The first-order valence-electron chi connectivity index (χ1n) is 10.2. The van der Waals surface area contributed by atoms with Crippen molar-refractivity contribution in [3.05, 3.63) is 38.9 Å². The number of aromatic nitrogens is 1. The maximum atomic E-state index is 12.8. The van der Waals surface area contributed by atoms with Gasteiger partial charge in [0.15, 0.2) is 5.13 Å². The van der Waals surface area contributed by atoms with Gasteiger partial charge in [-0.25, -0.2) is 9.78 Å². The highest BCUT2D eigenvalue weighted by Crippen LogP contribution is 2.41. The van der Waals surface area contributed by atoms with Crippen LogP contribution < -0.4 is 11.1 Å². The second-order valence-electron chi connectivity index (χ2n) is 7.96. The Balaban J connectivity index is 1.51. The monoisotopic (exact) mass is 546 g/mol. The highest BCUT2D eigenvalue weighted by molar-refractivity contribution is 8.00. The molecule has 3 aliphatic rings. The fourth-order valence-corrected chi connectivity index (χ4v) is 5.91. The lowest BCUT2D eigenvalue weighted by molar-refractivity contribution is -0.156. The lowest BCUT2D eigenvalue weighted by Crippen LogP contribution is -2.70. The quantitative estimate of drug-likeness (QED) is 0.256. The molecule has 0 aliphatic carbocycles. The number of nitroso groups, excluding NO2 is 1. The molecule has 1 aromatic rings. The molecule has 3 aliphatic heterocycles. The average Bonchev–Trinajstić information content (AvgIpc) is 3.37. The number of hydrogen-bond acceptors (Lipinski definition) is 10. The van der Waals surface area contributed by atoms with E-state index < -0.39 is 59.6 Å². The Morgan fingerprint density at radius 2 is 2.11 bits per heavy atom. The van der Waals surface area contributed by atoms with Crippen LogP contribution in [0.4, 0.5) is 18.3 Å². The highest BCUT2D eigenvalue weighted by Gasteiger charge is 2.54. The zero-order valence-electron chi connectivity index (χ0n) is 18.0. The number of likely N-dealkylation sites (tertiary alicyclic amines) is 1. The number of amides is 3. The van der Waals surface area contributed by atoms with Crippen LogP contribution in [0, 0.1) is 4.91 Å². The van der Waals surface area contributed by atoms with Gasteiger partial charge in [-0.05, 0) is 23.2 Å². The van der Waals surface area contributed by atoms with Crippen molar-refractivity contribution in [3.8, 4) is 0 Å². The lowest BCUT2D eigenvalue weighted by Gasteiger charge is -2.49. The van der Waals surface area contributed by atoms with Crippen LogP contribution in [0.1, 0.15) is 18.2 Å². The topological polar surface area (TPSA) is 175 Å². The molecule has 17 heteroatoms. The van der Waals surface area contributed by atoms with E-state index in [1.165, 1.54) is 11.5 Å². The number of nitrogen functional groups attached to an aromatic ring is 1. The molecule has 4 N–H and O–H groups in total. The van der Waals surface area contributed by atoms with Crippen molar-refractivity contribution in [2.45, 2.75) is 30.1 Å². The molecule has 2 saturated heterocycles. The van der Waals surface area contributed by atoms with E-state index in [-0.39, 0.29) is 40.7 Å². The third-order valence-electron chi connectivity index (χ3n) is 5.60. The van der Waals surface area contributed by atoms with E-state index in [1.807, 2.05) is 0 Å². The summed E-state index contributed by atoms with van der Waals surface area (Å²) in [5, 5.41) is 15.5. The number of thioether (sulfide) groups is 1. The highest BCUT2D eigenvalue weighted by atomic mass is 32.2. The predicted molar refractivity (Wildman–Crippen MR) is 120 cm³/mol. The van der Waals surface area contributed by atoms with Gasteiger partial charge in [0, 0.05) is 23.3 Å². The van der Waals surface area contributed by atoms with Crippen molar-refractivity contribution >= 4 is 51.9 Å². The van der Waals surface area contributed by atoms with Crippen molar-refractivity contribution in [2.75, 3.05) is 24.6 Å². The number of allylic oxidation sites excluding steroid dienone is 1. The SMILES string of the molecule is Nc1nc(C(N=O)C(=O)N[C@@H]2C(=O)N3C(C(=O)O)=C(C=C4CCN(CC(F)(F)F)C4=O)CS[C@H]23)cs1. The molecule has 1 aromatic heterocycles. The summed E-state index contributed by atoms with van der Waals surface area (Å²) < 4.78 is 38.0. The predicted octanol–water partition coefficient (Wildman–Crippen LogP) is 0.992. The van der Waals surface area contributed by atoms with Gasteiger partial charge in [0.1, 0.15) is 23.7 Å². The van der Waals surface area contributed by atoms with E-state index in [2.05, 4.69) is 15.5 Å². The second kappa shape index (κ2) is 9.53. The summed E-state index contributed by atoms with van der Waals surface area (Å²) in [6.45, 7) is -1.58. The van der Waals surface area contributed by atoms with Crippen molar-refractivity contribution in [3.63, 3.8) is 0 Å². The molecule has 36 heavy (non-hydrogen) atoms. The van der Waals surface area contributed by atoms with Gasteiger partial charge < -0.3 is 21.1 Å². The average molecular weight is 547 g/mol. The summed E-state index contributed by atoms with van der Waals surface area (Å²) in [6.07, 6.45) is -3.37. The molecule has 4 rings (SSSR count). The van der Waals surface area contributed by atoms with Gasteiger partial charge in [-0.3, -0.25) is 19.3 Å². The van der Waals surface area contributed by atoms with Crippen LogP contribution in [0.25, 0.3) is 0 Å². The smallest absolute Gasteiger partial charge is 0.406 e. The molecular formula is C19H17F3N6O6S2. The summed E-state index contributed by atoms with van der Waals surface area (Å²) in [7, 11) is 0. The van der Waals surface area contributed by atoms with Crippen LogP contribution in [0.15, 0.2) is 33.5 Å². The summed E-state index contributed by atoms with van der Waals surface area (Å²) in [5.74, 6) is -4.01. The van der Waals surface area contributed by atoms with Crippen LogP contribution >= 0.6 is 23.1 Å². The third kappa shape index (κ3) is 4.79. The third-order valence-corrected chi connectivity index (χ3v) is 7.60. The van der Waals surface area contributed by atoms with E-state index >= 15 is 0 Å². The molecule has 1 unspecified atom stereocenters. The summed E-state index contributed by atoms with van der Waals surface area (Å²) in [5.41, 5.74) is 5.18. The summed E-state index contributed by atoms with van der Waals surface area (Å²) >= 11 is 2.08. The van der Waals surface area contributed by atoms with E-state index in [1.54, 1.807) is 0 Å². The molecule has 3 atom stereocenters. The zero-order valence-corrected chi connectivity index (χ0v) is 19.7. The number of rotatable bonds is 7. The van der Waals surface area contributed by atoms with Gasteiger partial charge >= 0.3 is 12.1 Å². The van der Waals surface area contributed by atoms with Gasteiger partial charge in [-0.1, -0.05) is 0 Å². The Hall–Kier alpha value is -3.47. The standard InChI is InChI=1S/C19H17F3N6O6S2/c20-19(21,22)6-27-2-1-7(14(27)30)3-8-4-35-16-11(15(31)28(16)12(8)17(32)33)25-13(29)10(26-34)9-5-36-18(23)24-9/h3,5,10-11,16H,1-2,4,6H2,(H2,23,24)(H,25,29)(H,32,33)/t10?,11-,16-/m1/s1. The lowest BCUT2D eigenvalue weighted by atomic mass is 10.0. The molecular weight excluding hydrogens is 529 g/mol. The molecule has 0 radical (unpaired) electrons. The van der Waals surface area contributed by atoms with Crippen LogP contribution in [0.3, 0.4) is 0 Å². The van der Waals surface area contributed by atoms with Crippen LogP contribution in [-0.2, 0) is 19.2 Å². The molecule has 192 valence electrons. The number of nitrogens with two attached hydrogens (primary N) is 1. The number of carbonyl (C=O) groups excluding carboxylic acids is 3. The second-order valence-corrected chi connectivity index (χ2v) is 9.95. The number of halogens is 3. The number of thiazole rings is 1. The summed E-state index contributed by atoms with van der Waals surface area (Å²) in [6, 6.07) is -2.71. The zero-order chi connectivity index (χ0) is 26.4. The number of aliphatic carboxylic acids is 1. The molecule has 0 spiro atoms. The van der Waals surface area contributed by atoms with Crippen molar-refractivity contribution < 1.29 is 37.5 Å². The van der Waals surface area contributed by atoms with Gasteiger partial charge in [-0.15, -0.1) is 28.0 Å². The van der Waals surface area contributed by atoms with E-state index in [0.717, 1.165) is 28.0 Å². The number of alkyl halides is 3. The van der Waals surface area contributed by atoms with Crippen molar-refractivity contribution in [2.24, 2.45) is 5.18 Å². The molecule has 2 fully saturated rings. The van der Waals surface area contributed by atoms with Gasteiger partial charge in [0.25, 0.3) is 11.8 Å². The number of nitrogens with zero attached hydrogens (tertiary/aromatic N) is 4. The first kappa shape index (κ1) is 25.6. The molecule has 0 saturated carbocycles. The van der Waals surface area contributed by atoms with Crippen molar-refractivity contribution in [1.29, 1.82) is 0 Å². The van der Waals surface area contributed by atoms with E-state index in [0.29, 0.717) is 4.90 Å². The Kier molecular flexibility index (Phi) is 6.78. The van der Waals surface area contributed by atoms with Crippen molar-refractivity contribution in [1.82, 2.24) is 20.1 Å². The molecule has 12 nitrogen and oxygen atoms in total. The first-order valence-corrected chi connectivity index (χ1v) is 12.2. The minimum Gasteiger partial charge on any atom is -0.477 e. The number of hydrogen-bond donors (Lipinski definition) is 3. The Labute approximate surface area is 208 Å². The summed E-state index contributed by atoms with van der Waals surface area (Å²) in [4.78, 5) is 66.3. The Morgan fingerprint density at radius 1 is 1.39 bits per heavy atom. The van der Waals surface area contributed by atoms with Gasteiger partial charge in [0.05, 0.1) is 5.69 Å². The normalized spacial score (nSPS) is 24.0. The van der Waals surface area contributed by atoms with Crippen LogP contribution in [0.2, 0.25) is 0 Å². The maximum Gasteiger partial charge on any atom is 0.406 e. The fraction of sp³-hybridized carbons (Fsp3) is 0.421. The number of carboxylic acid groups (broad SMARTS) is 1. The Morgan fingerprint density at radius 3 is 2.69 bits per heavy atom. The number of carboxylic acids is 1. The maximum absolute atomic E-state index is 12.8. The molecule has 3 amide bonds. The van der Waals surface area contributed by atoms with E-state index in [9.17, 15) is 42.4 Å². The van der Waals surface area contributed by atoms with E-state index in [4.69, 9.17) is 5.73 Å². The van der Waals surface area contributed by atoms with Gasteiger partial charge in [-0.2, -0.15) is 13.2 Å². The number of fused-ring (bicyclic) bond motifs is 1. The Bertz CT molecular complexity index is 1210. The largest absolute Gasteiger partial charge is 0.477 e. The fourth-order valence-electron chi connectivity index (χ4n) is 4.03.